The van der Waals surface area contributed by atoms with Gasteiger partial charge in [0.05, 0.1) is 6.04 Å². The van der Waals surface area contributed by atoms with Crippen LogP contribution in [-0.4, -0.2) is 7.05 Å². The lowest BCUT2D eigenvalue weighted by molar-refractivity contribution is 0.690. The minimum Gasteiger partial charge on any atom is -0.309 e. The lowest BCUT2D eigenvalue weighted by Crippen LogP contribution is -2.17. The zero-order valence-electron chi connectivity index (χ0n) is 12.1. The van der Waals surface area contributed by atoms with Gasteiger partial charge in [-0.1, -0.05) is 67.4 Å². The van der Waals surface area contributed by atoms with Crippen LogP contribution < -0.4 is 5.32 Å². The van der Waals surface area contributed by atoms with Crippen molar-refractivity contribution < 1.29 is 0 Å². The number of rotatable bonds is 5. The van der Waals surface area contributed by atoms with E-state index in [-0.39, 0.29) is 6.04 Å². The standard InChI is InChI=1S/C18H23N/c1-4-6-15-7-5-8-17(13-15)18(19-3)16-11-9-14(2)10-12-16/h5,7-13,18-19H,4,6H2,1-3H3. The zero-order chi connectivity index (χ0) is 13.7. The van der Waals surface area contributed by atoms with Crippen LogP contribution in [-0.2, 0) is 6.42 Å². The van der Waals surface area contributed by atoms with Crippen LogP contribution in [0.3, 0.4) is 0 Å². The van der Waals surface area contributed by atoms with Crippen LogP contribution in [0, 0.1) is 6.92 Å². The Kier molecular flexibility index (Phi) is 4.75. The second-order valence-corrected chi connectivity index (χ2v) is 5.13. The smallest absolute Gasteiger partial charge is 0.0574 e. The molecule has 0 heterocycles. The van der Waals surface area contributed by atoms with Crippen molar-refractivity contribution in [1.82, 2.24) is 5.32 Å². The van der Waals surface area contributed by atoms with Crippen LogP contribution in [0.4, 0.5) is 0 Å². The molecule has 2 aromatic rings. The van der Waals surface area contributed by atoms with Crippen LogP contribution in [0.2, 0.25) is 0 Å². The Morgan fingerprint density at radius 2 is 1.74 bits per heavy atom. The van der Waals surface area contributed by atoms with Gasteiger partial charge in [0, 0.05) is 0 Å². The van der Waals surface area contributed by atoms with E-state index < -0.39 is 0 Å². The van der Waals surface area contributed by atoms with Crippen molar-refractivity contribution in [3.63, 3.8) is 0 Å². The molecule has 100 valence electrons. The van der Waals surface area contributed by atoms with Gasteiger partial charge in [-0.25, -0.2) is 0 Å². The molecule has 1 unspecified atom stereocenters. The van der Waals surface area contributed by atoms with Crippen molar-refractivity contribution >= 4 is 0 Å². The number of aryl methyl sites for hydroxylation is 2. The van der Waals surface area contributed by atoms with Crippen LogP contribution in [0.15, 0.2) is 48.5 Å². The lowest BCUT2D eigenvalue weighted by Gasteiger charge is -2.18. The van der Waals surface area contributed by atoms with Gasteiger partial charge in [-0.2, -0.15) is 0 Å². The van der Waals surface area contributed by atoms with E-state index in [1.165, 1.54) is 28.7 Å². The van der Waals surface area contributed by atoms with E-state index >= 15 is 0 Å². The molecule has 1 nitrogen and oxygen atoms in total. The van der Waals surface area contributed by atoms with E-state index in [9.17, 15) is 0 Å². The van der Waals surface area contributed by atoms with Crippen LogP contribution in [0.1, 0.15) is 41.6 Å². The highest BCUT2D eigenvalue weighted by molar-refractivity contribution is 5.35. The molecule has 0 aliphatic rings. The Morgan fingerprint density at radius 1 is 1.00 bits per heavy atom. The normalized spacial score (nSPS) is 12.4. The van der Waals surface area contributed by atoms with Gasteiger partial charge in [0.2, 0.25) is 0 Å². The number of hydrogen-bond acceptors (Lipinski definition) is 1. The van der Waals surface area contributed by atoms with Gasteiger partial charge in [-0.3, -0.25) is 0 Å². The summed E-state index contributed by atoms with van der Waals surface area (Å²) in [6.45, 7) is 4.35. The van der Waals surface area contributed by atoms with Gasteiger partial charge < -0.3 is 5.32 Å². The summed E-state index contributed by atoms with van der Waals surface area (Å²) >= 11 is 0. The molecular formula is C18H23N. The average molecular weight is 253 g/mol. The molecule has 0 aromatic heterocycles. The fourth-order valence-corrected chi connectivity index (χ4v) is 2.50. The maximum Gasteiger partial charge on any atom is 0.0574 e. The Morgan fingerprint density at radius 3 is 2.37 bits per heavy atom. The average Bonchev–Trinajstić information content (AvgIpc) is 2.43. The van der Waals surface area contributed by atoms with Crippen LogP contribution >= 0.6 is 0 Å². The molecule has 0 fully saturated rings. The highest BCUT2D eigenvalue weighted by Gasteiger charge is 2.11. The first-order chi connectivity index (χ1) is 9.24. The first-order valence-corrected chi connectivity index (χ1v) is 7.07. The molecule has 19 heavy (non-hydrogen) atoms. The second-order valence-electron chi connectivity index (χ2n) is 5.13. The van der Waals surface area contributed by atoms with E-state index in [1.807, 2.05) is 7.05 Å². The SMILES string of the molecule is CCCc1cccc(C(NC)c2ccc(C)cc2)c1. The summed E-state index contributed by atoms with van der Waals surface area (Å²) in [5.74, 6) is 0. The van der Waals surface area contributed by atoms with Gasteiger partial charge in [0.25, 0.3) is 0 Å². The Labute approximate surface area is 116 Å². The monoisotopic (exact) mass is 253 g/mol. The van der Waals surface area contributed by atoms with E-state index in [2.05, 4.69) is 67.7 Å². The third-order valence-electron chi connectivity index (χ3n) is 3.52. The summed E-state index contributed by atoms with van der Waals surface area (Å²) in [6, 6.07) is 18.0. The summed E-state index contributed by atoms with van der Waals surface area (Å²) in [4.78, 5) is 0. The molecule has 0 aliphatic heterocycles. The van der Waals surface area contributed by atoms with E-state index in [0.717, 1.165) is 6.42 Å². The summed E-state index contributed by atoms with van der Waals surface area (Å²) in [5, 5.41) is 3.42. The molecule has 0 saturated heterocycles. The lowest BCUT2D eigenvalue weighted by atomic mass is 9.96. The summed E-state index contributed by atoms with van der Waals surface area (Å²) < 4.78 is 0. The van der Waals surface area contributed by atoms with Crippen LogP contribution in [0.25, 0.3) is 0 Å². The summed E-state index contributed by atoms with van der Waals surface area (Å²) in [5.41, 5.74) is 5.39. The van der Waals surface area contributed by atoms with Crippen molar-refractivity contribution in [2.45, 2.75) is 32.7 Å². The fourth-order valence-electron chi connectivity index (χ4n) is 2.50. The Bertz CT molecular complexity index is 513. The largest absolute Gasteiger partial charge is 0.309 e. The van der Waals surface area contributed by atoms with E-state index in [4.69, 9.17) is 0 Å². The number of nitrogens with one attached hydrogen (secondary N) is 1. The zero-order valence-corrected chi connectivity index (χ0v) is 12.1. The van der Waals surface area contributed by atoms with E-state index in [0.29, 0.717) is 0 Å². The maximum absolute atomic E-state index is 3.42. The molecule has 0 radical (unpaired) electrons. The third-order valence-corrected chi connectivity index (χ3v) is 3.52. The molecule has 2 aromatic carbocycles. The van der Waals surface area contributed by atoms with Crippen molar-refractivity contribution in [2.75, 3.05) is 7.05 Å². The fraction of sp³-hybridized carbons (Fsp3) is 0.333. The van der Waals surface area contributed by atoms with Gasteiger partial charge in [-0.15, -0.1) is 0 Å². The predicted molar refractivity (Wildman–Crippen MR) is 82.5 cm³/mol. The molecule has 0 spiro atoms. The second kappa shape index (κ2) is 6.53. The van der Waals surface area contributed by atoms with E-state index in [1.54, 1.807) is 0 Å². The molecule has 2 rings (SSSR count). The summed E-state index contributed by atoms with van der Waals surface area (Å²) in [7, 11) is 2.02. The van der Waals surface area contributed by atoms with Crippen molar-refractivity contribution in [3.8, 4) is 0 Å². The Balaban J connectivity index is 2.30. The summed E-state index contributed by atoms with van der Waals surface area (Å²) in [6.07, 6.45) is 2.34. The van der Waals surface area contributed by atoms with Gasteiger partial charge in [0.1, 0.15) is 0 Å². The van der Waals surface area contributed by atoms with Crippen molar-refractivity contribution in [1.29, 1.82) is 0 Å². The molecule has 1 heteroatoms. The number of benzene rings is 2. The maximum atomic E-state index is 3.42. The highest BCUT2D eigenvalue weighted by atomic mass is 14.9. The molecule has 0 bridgehead atoms. The first-order valence-electron chi connectivity index (χ1n) is 7.07. The minimum absolute atomic E-state index is 0.275. The molecule has 1 atom stereocenters. The minimum atomic E-state index is 0.275. The topological polar surface area (TPSA) is 12.0 Å². The Hall–Kier alpha value is -1.60. The molecule has 1 N–H and O–H groups in total. The predicted octanol–water partition coefficient (Wildman–Crippen LogP) is 4.26. The molecule has 0 aliphatic carbocycles. The van der Waals surface area contributed by atoms with Crippen molar-refractivity contribution in [3.05, 3.63) is 70.8 Å². The van der Waals surface area contributed by atoms with Crippen LogP contribution in [0.5, 0.6) is 0 Å². The highest BCUT2D eigenvalue weighted by Crippen LogP contribution is 2.23. The molecule has 0 amide bonds. The number of hydrogen-bond donors (Lipinski definition) is 1. The molecular weight excluding hydrogens is 230 g/mol. The van der Waals surface area contributed by atoms with Gasteiger partial charge in [-0.05, 0) is 37.1 Å². The quantitative estimate of drug-likeness (QED) is 0.839. The molecule has 0 saturated carbocycles. The third kappa shape index (κ3) is 3.45. The van der Waals surface area contributed by atoms with Crippen molar-refractivity contribution in [2.24, 2.45) is 0 Å². The first kappa shape index (κ1) is 13.8. The van der Waals surface area contributed by atoms with Gasteiger partial charge in [0.15, 0.2) is 0 Å². The van der Waals surface area contributed by atoms with Gasteiger partial charge >= 0.3 is 0 Å².